The summed E-state index contributed by atoms with van der Waals surface area (Å²) in [5, 5.41) is 13.4. The second-order valence-corrected chi connectivity index (χ2v) is 6.95. The van der Waals surface area contributed by atoms with Crippen LogP contribution in [0.2, 0.25) is 0 Å². The van der Waals surface area contributed by atoms with Crippen LogP contribution in [0.15, 0.2) is 73.3 Å². The van der Waals surface area contributed by atoms with Crippen molar-refractivity contribution in [2.24, 2.45) is 0 Å². The van der Waals surface area contributed by atoms with Gasteiger partial charge in [0, 0.05) is 6.04 Å². The second-order valence-electron chi connectivity index (χ2n) is 6.95. The summed E-state index contributed by atoms with van der Waals surface area (Å²) in [6, 6.07) is 20.2. The standard InChI is InChI=1S/C23H29NO3/c1-2-3-14-20-22(26-16-18-10-6-4-7-11-18)23(21(15-25)24-20)27-17-19-12-8-5-9-13-19/h2,4-13,20-25H,1,3,14-17H2/t20-,21-,22-,23-/m1/s1. The molecule has 0 amide bonds. The maximum atomic E-state index is 9.86. The van der Waals surface area contributed by atoms with Gasteiger partial charge in [0.1, 0.15) is 12.2 Å². The Balaban J connectivity index is 1.69. The molecule has 0 saturated carbocycles. The van der Waals surface area contributed by atoms with Crippen LogP contribution < -0.4 is 5.32 Å². The number of ether oxygens (including phenoxy) is 2. The smallest absolute Gasteiger partial charge is 0.103 e. The maximum absolute atomic E-state index is 9.86. The number of nitrogens with one attached hydrogen (secondary N) is 1. The Morgan fingerprint density at radius 2 is 1.37 bits per heavy atom. The van der Waals surface area contributed by atoms with Crippen molar-refractivity contribution in [3.8, 4) is 0 Å². The third kappa shape index (κ3) is 5.50. The van der Waals surface area contributed by atoms with Crippen LogP contribution in [0.4, 0.5) is 0 Å². The number of hydrogen-bond donors (Lipinski definition) is 2. The first kappa shape index (κ1) is 19.8. The fourth-order valence-electron chi connectivity index (χ4n) is 3.58. The monoisotopic (exact) mass is 367 g/mol. The van der Waals surface area contributed by atoms with Gasteiger partial charge in [-0.1, -0.05) is 66.7 Å². The molecular weight excluding hydrogens is 338 g/mol. The summed E-state index contributed by atoms with van der Waals surface area (Å²) >= 11 is 0. The molecule has 0 aliphatic carbocycles. The summed E-state index contributed by atoms with van der Waals surface area (Å²) in [5.41, 5.74) is 2.25. The molecule has 3 rings (SSSR count). The van der Waals surface area contributed by atoms with Crippen molar-refractivity contribution >= 4 is 0 Å². The fraction of sp³-hybridized carbons (Fsp3) is 0.391. The Morgan fingerprint density at radius 3 is 1.85 bits per heavy atom. The molecule has 1 aliphatic rings. The summed E-state index contributed by atoms with van der Waals surface area (Å²) in [5.74, 6) is 0. The second kappa shape index (κ2) is 10.4. The van der Waals surface area contributed by atoms with Gasteiger partial charge in [0.05, 0.1) is 25.9 Å². The lowest BCUT2D eigenvalue weighted by atomic mass is 10.0. The number of rotatable bonds is 10. The first-order valence-electron chi connectivity index (χ1n) is 9.60. The highest BCUT2D eigenvalue weighted by molar-refractivity contribution is 5.15. The molecule has 1 aliphatic heterocycles. The van der Waals surface area contributed by atoms with Crippen LogP contribution in [0.3, 0.4) is 0 Å². The first-order chi connectivity index (χ1) is 13.3. The Kier molecular flexibility index (Phi) is 7.60. The molecule has 4 heteroatoms. The number of benzene rings is 2. The zero-order chi connectivity index (χ0) is 18.9. The minimum absolute atomic E-state index is 0.0231. The van der Waals surface area contributed by atoms with Crippen molar-refractivity contribution in [1.29, 1.82) is 0 Å². The first-order valence-corrected chi connectivity index (χ1v) is 9.60. The van der Waals surface area contributed by atoms with E-state index in [0.29, 0.717) is 13.2 Å². The van der Waals surface area contributed by atoms with Crippen molar-refractivity contribution in [3.63, 3.8) is 0 Å². The van der Waals surface area contributed by atoms with Crippen LogP contribution in [0.1, 0.15) is 24.0 Å². The van der Waals surface area contributed by atoms with Gasteiger partial charge in [-0.15, -0.1) is 6.58 Å². The predicted octanol–water partition coefficient (Wildman–Crippen LogP) is 3.46. The van der Waals surface area contributed by atoms with Gasteiger partial charge in [0.2, 0.25) is 0 Å². The van der Waals surface area contributed by atoms with Gasteiger partial charge in [0.25, 0.3) is 0 Å². The number of allylic oxidation sites excluding steroid dienone is 1. The van der Waals surface area contributed by atoms with Crippen LogP contribution in [0.25, 0.3) is 0 Å². The lowest BCUT2D eigenvalue weighted by Gasteiger charge is -2.26. The van der Waals surface area contributed by atoms with Crippen LogP contribution >= 0.6 is 0 Å². The summed E-state index contributed by atoms with van der Waals surface area (Å²) < 4.78 is 12.5. The number of aliphatic hydroxyl groups excluding tert-OH is 1. The largest absolute Gasteiger partial charge is 0.395 e. The molecule has 1 heterocycles. The average Bonchev–Trinajstić information content (AvgIpc) is 3.07. The lowest BCUT2D eigenvalue weighted by Crippen LogP contribution is -2.39. The molecular formula is C23H29NO3. The van der Waals surface area contributed by atoms with E-state index in [1.54, 1.807) is 0 Å². The summed E-state index contributed by atoms with van der Waals surface area (Å²) in [6.45, 7) is 4.88. The van der Waals surface area contributed by atoms with Crippen molar-refractivity contribution in [3.05, 3.63) is 84.4 Å². The van der Waals surface area contributed by atoms with Crippen molar-refractivity contribution < 1.29 is 14.6 Å². The number of hydrogen-bond acceptors (Lipinski definition) is 4. The number of aliphatic hydroxyl groups is 1. The van der Waals surface area contributed by atoms with E-state index in [0.717, 1.165) is 24.0 Å². The molecule has 2 aromatic rings. The minimum atomic E-state index is -0.200. The average molecular weight is 367 g/mol. The third-order valence-corrected chi connectivity index (χ3v) is 4.99. The molecule has 0 bridgehead atoms. The van der Waals surface area contributed by atoms with E-state index < -0.39 is 0 Å². The highest BCUT2D eigenvalue weighted by Gasteiger charge is 2.43. The highest BCUT2D eigenvalue weighted by Crippen LogP contribution is 2.26. The van der Waals surface area contributed by atoms with Gasteiger partial charge in [0.15, 0.2) is 0 Å². The molecule has 0 radical (unpaired) electrons. The van der Waals surface area contributed by atoms with Crippen LogP contribution in [-0.4, -0.2) is 36.0 Å². The third-order valence-electron chi connectivity index (χ3n) is 4.99. The zero-order valence-corrected chi connectivity index (χ0v) is 15.7. The molecule has 2 N–H and O–H groups in total. The van der Waals surface area contributed by atoms with E-state index >= 15 is 0 Å². The molecule has 1 fully saturated rings. The van der Waals surface area contributed by atoms with Crippen molar-refractivity contribution in [1.82, 2.24) is 5.32 Å². The summed E-state index contributed by atoms with van der Waals surface area (Å²) in [7, 11) is 0. The molecule has 0 unspecified atom stereocenters. The van der Waals surface area contributed by atoms with E-state index in [2.05, 4.69) is 24.0 Å². The van der Waals surface area contributed by atoms with Crippen LogP contribution in [0.5, 0.6) is 0 Å². The van der Waals surface area contributed by atoms with Gasteiger partial charge in [-0.3, -0.25) is 0 Å². The van der Waals surface area contributed by atoms with Crippen LogP contribution in [-0.2, 0) is 22.7 Å². The van der Waals surface area contributed by atoms with Gasteiger partial charge in [-0.05, 0) is 24.0 Å². The summed E-state index contributed by atoms with van der Waals surface area (Å²) in [4.78, 5) is 0. The highest BCUT2D eigenvalue weighted by atomic mass is 16.5. The maximum Gasteiger partial charge on any atom is 0.103 e. The van der Waals surface area contributed by atoms with E-state index in [1.165, 1.54) is 0 Å². The normalized spacial score (nSPS) is 24.8. The Hall–Kier alpha value is -1.98. The molecule has 0 aromatic heterocycles. The van der Waals surface area contributed by atoms with E-state index in [4.69, 9.17) is 9.47 Å². The van der Waals surface area contributed by atoms with Crippen molar-refractivity contribution in [2.75, 3.05) is 6.61 Å². The van der Waals surface area contributed by atoms with E-state index in [-0.39, 0.29) is 30.9 Å². The Labute approximate surface area is 161 Å². The molecule has 4 atom stereocenters. The van der Waals surface area contributed by atoms with Gasteiger partial charge in [-0.2, -0.15) is 0 Å². The Bertz CT molecular complexity index is 677. The SMILES string of the molecule is C=CCC[C@H]1N[C@H](CO)[C@@H](OCc2ccccc2)[C@@H]1OCc1ccccc1. The van der Waals surface area contributed by atoms with Gasteiger partial charge >= 0.3 is 0 Å². The summed E-state index contributed by atoms with van der Waals surface area (Å²) in [6.07, 6.45) is 3.40. The lowest BCUT2D eigenvalue weighted by molar-refractivity contribution is -0.0828. The Morgan fingerprint density at radius 1 is 0.852 bits per heavy atom. The predicted molar refractivity (Wildman–Crippen MR) is 107 cm³/mol. The molecule has 144 valence electrons. The van der Waals surface area contributed by atoms with E-state index in [1.807, 2.05) is 54.6 Å². The topological polar surface area (TPSA) is 50.7 Å². The van der Waals surface area contributed by atoms with Crippen LogP contribution in [0, 0.1) is 0 Å². The molecule has 4 nitrogen and oxygen atoms in total. The van der Waals surface area contributed by atoms with Gasteiger partial charge in [-0.25, -0.2) is 0 Å². The minimum Gasteiger partial charge on any atom is -0.395 e. The molecule has 2 aromatic carbocycles. The molecule has 27 heavy (non-hydrogen) atoms. The van der Waals surface area contributed by atoms with E-state index in [9.17, 15) is 5.11 Å². The molecule has 0 spiro atoms. The van der Waals surface area contributed by atoms with Crippen molar-refractivity contribution in [2.45, 2.75) is 50.3 Å². The molecule has 1 saturated heterocycles. The zero-order valence-electron chi connectivity index (χ0n) is 15.7. The fourth-order valence-corrected chi connectivity index (χ4v) is 3.58. The van der Waals surface area contributed by atoms with Gasteiger partial charge < -0.3 is 19.9 Å². The quantitative estimate of drug-likeness (QED) is 0.632.